The van der Waals surface area contributed by atoms with Crippen LogP contribution in [0.2, 0.25) is 0 Å². The number of sulfonamides is 1. The molecule has 0 aromatic heterocycles. The molecule has 0 fully saturated rings. The molecule has 16 heavy (non-hydrogen) atoms. The second kappa shape index (κ2) is 6.34. The molecule has 0 radical (unpaired) electrons. The third-order valence-electron chi connectivity index (χ3n) is 2.02. The fourth-order valence-electron chi connectivity index (χ4n) is 1.23. The van der Waals surface area contributed by atoms with Crippen molar-refractivity contribution in [1.29, 1.82) is 0 Å². The summed E-state index contributed by atoms with van der Waals surface area (Å²) in [7, 11) is -3.32. The number of nitrogens with two attached hydrogens (primary N) is 1. The fraction of sp³-hybridized carbons (Fsp3) is 0.400. The maximum Gasteiger partial charge on any atom is 0.209 e. The van der Waals surface area contributed by atoms with E-state index in [-0.39, 0.29) is 5.75 Å². The zero-order valence-corrected chi connectivity index (χ0v) is 11.2. The molecule has 0 heterocycles. The monoisotopic (exact) mass is 306 g/mol. The van der Waals surface area contributed by atoms with Gasteiger partial charge in [-0.2, -0.15) is 0 Å². The summed E-state index contributed by atoms with van der Waals surface area (Å²) in [6.07, 6.45) is 0.537. The van der Waals surface area contributed by atoms with Crippen molar-refractivity contribution in [3.8, 4) is 0 Å². The number of halogens is 1. The van der Waals surface area contributed by atoms with Gasteiger partial charge in [-0.3, -0.25) is 0 Å². The molecular formula is C10H15BrN2O2S. The Morgan fingerprint density at radius 1 is 1.25 bits per heavy atom. The Morgan fingerprint density at radius 3 is 2.44 bits per heavy atom. The highest BCUT2D eigenvalue weighted by Crippen LogP contribution is 2.10. The average Bonchev–Trinajstić information content (AvgIpc) is 2.19. The van der Waals surface area contributed by atoms with Gasteiger partial charge in [-0.15, -0.1) is 0 Å². The summed E-state index contributed by atoms with van der Waals surface area (Å²) in [5.41, 5.74) is 1.17. The van der Waals surface area contributed by atoms with Crippen molar-refractivity contribution in [2.45, 2.75) is 13.0 Å². The first-order valence-electron chi connectivity index (χ1n) is 4.93. The van der Waals surface area contributed by atoms with Crippen LogP contribution in [0.15, 0.2) is 28.7 Å². The summed E-state index contributed by atoms with van der Waals surface area (Å²) in [5, 5.41) is 8.04. The van der Waals surface area contributed by atoms with Gasteiger partial charge < -0.3 is 5.32 Å². The first-order chi connectivity index (χ1) is 7.47. The summed E-state index contributed by atoms with van der Waals surface area (Å²) in [4.78, 5) is 0. The standard InChI is InChI=1S/C10H15BrN2O2S/c11-10-4-2-9(3-5-10)8-13-6-1-7-16(12,14)15/h2-5,13H,1,6-8H2,(H2,12,14,15). The van der Waals surface area contributed by atoms with Crippen LogP contribution in [-0.4, -0.2) is 20.7 Å². The summed E-state index contributed by atoms with van der Waals surface area (Å²) < 4.78 is 22.3. The van der Waals surface area contributed by atoms with E-state index in [9.17, 15) is 8.42 Å². The van der Waals surface area contributed by atoms with Gasteiger partial charge in [0.1, 0.15) is 0 Å². The van der Waals surface area contributed by atoms with E-state index in [0.29, 0.717) is 13.0 Å². The average molecular weight is 307 g/mol. The number of hydrogen-bond acceptors (Lipinski definition) is 3. The van der Waals surface area contributed by atoms with Crippen molar-refractivity contribution in [1.82, 2.24) is 5.32 Å². The first kappa shape index (κ1) is 13.6. The second-order valence-corrected chi connectivity index (χ2v) is 6.17. The third kappa shape index (κ3) is 6.22. The van der Waals surface area contributed by atoms with Crippen molar-refractivity contribution in [2.75, 3.05) is 12.3 Å². The van der Waals surface area contributed by atoms with Crippen molar-refractivity contribution >= 4 is 26.0 Å². The quantitative estimate of drug-likeness (QED) is 0.776. The molecule has 4 nitrogen and oxygen atoms in total. The van der Waals surface area contributed by atoms with Crippen LogP contribution >= 0.6 is 15.9 Å². The van der Waals surface area contributed by atoms with Crippen LogP contribution in [0.4, 0.5) is 0 Å². The van der Waals surface area contributed by atoms with Crippen molar-refractivity contribution in [3.05, 3.63) is 34.3 Å². The van der Waals surface area contributed by atoms with Gasteiger partial charge in [0.05, 0.1) is 5.75 Å². The molecule has 1 aromatic carbocycles. The lowest BCUT2D eigenvalue weighted by atomic mass is 10.2. The Morgan fingerprint density at radius 2 is 1.88 bits per heavy atom. The molecule has 0 saturated carbocycles. The van der Waals surface area contributed by atoms with E-state index in [4.69, 9.17) is 5.14 Å². The Bertz CT molecular complexity index is 417. The molecule has 0 bridgehead atoms. The summed E-state index contributed by atoms with van der Waals surface area (Å²) >= 11 is 3.36. The van der Waals surface area contributed by atoms with Gasteiger partial charge in [0.2, 0.25) is 10.0 Å². The zero-order chi connectivity index (χ0) is 12.0. The Balaban J connectivity index is 2.19. The maximum atomic E-state index is 10.6. The number of benzene rings is 1. The zero-order valence-electron chi connectivity index (χ0n) is 8.82. The SMILES string of the molecule is NS(=O)(=O)CCCNCc1ccc(Br)cc1. The lowest BCUT2D eigenvalue weighted by Crippen LogP contribution is -2.21. The van der Waals surface area contributed by atoms with Crippen LogP contribution in [0.25, 0.3) is 0 Å². The smallest absolute Gasteiger partial charge is 0.209 e. The van der Waals surface area contributed by atoms with Gasteiger partial charge in [0, 0.05) is 11.0 Å². The topological polar surface area (TPSA) is 72.2 Å². The normalized spacial score (nSPS) is 11.6. The number of nitrogens with one attached hydrogen (secondary N) is 1. The van der Waals surface area contributed by atoms with E-state index in [1.54, 1.807) is 0 Å². The summed E-state index contributed by atoms with van der Waals surface area (Å²) in [6.45, 7) is 1.38. The number of hydrogen-bond donors (Lipinski definition) is 2. The van der Waals surface area contributed by atoms with Crippen molar-refractivity contribution in [2.24, 2.45) is 5.14 Å². The predicted octanol–water partition coefficient (Wildman–Crippen LogP) is 1.22. The second-order valence-electron chi connectivity index (χ2n) is 3.52. The van der Waals surface area contributed by atoms with Gasteiger partial charge in [-0.1, -0.05) is 28.1 Å². The molecule has 1 rings (SSSR count). The number of primary sulfonamides is 1. The lowest BCUT2D eigenvalue weighted by molar-refractivity contribution is 0.590. The van der Waals surface area contributed by atoms with E-state index in [1.807, 2.05) is 24.3 Å². The molecule has 0 unspecified atom stereocenters. The predicted molar refractivity (Wildman–Crippen MR) is 68.4 cm³/mol. The first-order valence-corrected chi connectivity index (χ1v) is 7.44. The molecule has 6 heteroatoms. The van der Waals surface area contributed by atoms with Gasteiger partial charge >= 0.3 is 0 Å². The largest absolute Gasteiger partial charge is 0.313 e. The highest BCUT2D eigenvalue weighted by atomic mass is 79.9. The van der Waals surface area contributed by atoms with Crippen LogP contribution in [0.5, 0.6) is 0 Å². The Labute approximate surface area is 104 Å². The highest BCUT2D eigenvalue weighted by molar-refractivity contribution is 9.10. The van der Waals surface area contributed by atoms with Gasteiger partial charge in [-0.05, 0) is 30.7 Å². The van der Waals surface area contributed by atoms with Gasteiger partial charge in [-0.25, -0.2) is 13.6 Å². The minimum Gasteiger partial charge on any atom is -0.313 e. The molecule has 0 saturated heterocycles. The minimum atomic E-state index is -3.32. The molecule has 0 atom stereocenters. The maximum absolute atomic E-state index is 10.6. The van der Waals surface area contributed by atoms with Crippen molar-refractivity contribution in [3.63, 3.8) is 0 Å². The van der Waals surface area contributed by atoms with Crippen LogP contribution in [0, 0.1) is 0 Å². The van der Waals surface area contributed by atoms with E-state index in [0.717, 1.165) is 11.0 Å². The molecule has 0 spiro atoms. The van der Waals surface area contributed by atoms with Gasteiger partial charge in [0.15, 0.2) is 0 Å². The minimum absolute atomic E-state index is 0.0281. The van der Waals surface area contributed by atoms with E-state index in [2.05, 4.69) is 21.2 Å². The Hall–Kier alpha value is -0.430. The van der Waals surface area contributed by atoms with Crippen LogP contribution in [0.1, 0.15) is 12.0 Å². The van der Waals surface area contributed by atoms with Crippen LogP contribution in [0.3, 0.4) is 0 Å². The molecule has 0 amide bonds. The molecule has 90 valence electrons. The highest BCUT2D eigenvalue weighted by Gasteiger charge is 2.01. The molecule has 0 aliphatic rings. The van der Waals surface area contributed by atoms with Crippen molar-refractivity contribution < 1.29 is 8.42 Å². The van der Waals surface area contributed by atoms with Crippen LogP contribution in [-0.2, 0) is 16.6 Å². The van der Waals surface area contributed by atoms with Gasteiger partial charge in [0.25, 0.3) is 0 Å². The fourth-order valence-corrected chi connectivity index (χ4v) is 2.04. The molecule has 3 N–H and O–H groups in total. The summed E-state index contributed by atoms with van der Waals surface area (Å²) in [5.74, 6) is 0.0281. The molecular weight excluding hydrogens is 292 g/mol. The summed E-state index contributed by atoms with van der Waals surface area (Å²) in [6, 6.07) is 7.97. The Kier molecular flexibility index (Phi) is 5.40. The molecule has 1 aromatic rings. The van der Waals surface area contributed by atoms with Crippen LogP contribution < -0.4 is 10.5 Å². The van der Waals surface area contributed by atoms with E-state index in [1.165, 1.54) is 5.56 Å². The lowest BCUT2D eigenvalue weighted by Gasteiger charge is -2.04. The number of rotatable bonds is 6. The molecule has 0 aliphatic carbocycles. The van der Waals surface area contributed by atoms with E-state index >= 15 is 0 Å². The van der Waals surface area contributed by atoms with E-state index < -0.39 is 10.0 Å². The third-order valence-corrected chi connectivity index (χ3v) is 3.41. The molecule has 0 aliphatic heterocycles.